The number of thioether (sulfide) groups is 1. The molecule has 0 heterocycles. The molecule has 0 bridgehead atoms. The highest BCUT2D eigenvalue weighted by Crippen LogP contribution is 2.56. The molecule has 1 nitrogen and oxygen atoms in total. The molecule has 0 aromatic carbocycles. The number of hydrogen-bond acceptors (Lipinski definition) is 2. The molecule has 2 fully saturated rings. The fraction of sp³-hybridized carbons (Fsp3) is 1.00. The Kier molecular flexibility index (Phi) is 2.89. The lowest BCUT2D eigenvalue weighted by atomic mass is 10.0. The van der Waals surface area contributed by atoms with E-state index in [0.717, 1.165) is 17.7 Å². The summed E-state index contributed by atoms with van der Waals surface area (Å²) in [6, 6.07) is 0. The Morgan fingerprint density at radius 2 is 1.92 bits per heavy atom. The van der Waals surface area contributed by atoms with Gasteiger partial charge in [0.25, 0.3) is 0 Å². The van der Waals surface area contributed by atoms with Gasteiger partial charge in [-0.3, -0.25) is 0 Å². The molecule has 0 amide bonds. The van der Waals surface area contributed by atoms with E-state index in [9.17, 15) is 0 Å². The molecule has 2 rings (SSSR count). The van der Waals surface area contributed by atoms with Crippen LogP contribution >= 0.6 is 11.8 Å². The average molecular weight is 199 g/mol. The van der Waals surface area contributed by atoms with E-state index in [-0.39, 0.29) is 0 Å². The number of hydrogen-bond donors (Lipinski definition) is 1. The van der Waals surface area contributed by atoms with Gasteiger partial charge in [0.15, 0.2) is 0 Å². The van der Waals surface area contributed by atoms with Crippen LogP contribution in [0.1, 0.15) is 45.4 Å². The summed E-state index contributed by atoms with van der Waals surface area (Å²) >= 11 is 2.22. The maximum absolute atomic E-state index is 5.86. The van der Waals surface area contributed by atoms with Crippen LogP contribution in [0.5, 0.6) is 0 Å². The highest BCUT2D eigenvalue weighted by atomic mass is 32.2. The molecule has 2 atom stereocenters. The zero-order valence-electron chi connectivity index (χ0n) is 8.59. The van der Waals surface area contributed by atoms with Gasteiger partial charge in [-0.05, 0) is 25.2 Å². The molecule has 2 N–H and O–H groups in total. The van der Waals surface area contributed by atoms with E-state index < -0.39 is 0 Å². The van der Waals surface area contributed by atoms with Crippen LogP contribution in [-0.2, 0) is 0 Å². The van der Waals surface area contributed by atoms with Crippen LogP contribution in [-0.4, -0.2) is 16.5 Å². The number of nitrogens with two attached hydrogens (primary N) is 1. The minimum Gasteiger partial charge on any atom is -0.329 e. The molecule has 2 saturated carbocycles. The fourth-order valence-electron chi connectivity index (χ4n) is 2.47. The highest BCUT2D eigenvalue weighted by Gasteiger charge is 2.51. The molecule has 0 spiro atoms. The molecule has 2 unspecified atom stereocenters. The van der Waals surface area contributed by atoms with Crippen LogP contribution in [0.3, 0.4) is 0 Å². The monoisotopic (exact) mass is 199 g/mol. The number of rotatable bonds is 3. The summed E-state index contributed by atoms with van der Waals surface area (Å²) in [7, 11) is 0. The van der Waals surface area contributed by atoms with Gasteiger partial charge in [-0.2, -0.15) is 11.8 Å². The van der Waals surface area contributed by atoms with E-state index in [1.807, 2.05) is 0 Å². The van der Waals surface area contributed by atoms with Gasteiger partial charge in [0.1, 0.15) is 0 Å². The molecule has 0 saturated heterocycles. The summed E-state index contributed by atoms with van der Waals surface area (Å²) in [5.74, 6) is 0.879. The van der Waals surface area contributed by atoms with Crippen LogP contribution in [0.2, 0.25) is 0 Å². The van der Waals surface area contributed by atoms with Crippen LogP contribution in [0.25, 0.3) is 0 Å². The van der Waals surface area contributed by atoms with E-state index in [1.165, 1.54) is 38.5 Å². The van der Waals surface area contributed by atoms with Crippen molar-refractivity contribution >= 4 is 11.8 Å². The first-order valence-electron chi connectivity index (χ1n) is 5.65. The molecular weight excluding hydrogens is 178 g/mol. The van der Waals surface area contributed by atoms with Crippen molar-refractivity contribution in [2.45, 2.75) is 55.4 Å². The first-order chi connectivity index (χ1) is 6.27. The predicted molar refractivity (Wildman–Crippen MR) is 60.0 cm³/mol. The molecule has 76 valence electrons. The molecule has 0 radical (unpaired) electrons. The van der Waals surface area contributed by atoms with Crippen LogP contribution < -0.4 is 5.73 Å². The van der Waals surface area contributed by atoms with E-state index in [2.05, 4.69) is 18.7 Å². The largest absolute Gasteiger partial charge is 0.329 e. The van der Waals surface area contributed by atoms with Crippen molar-refractivity contribution < 1.29 is 0 Å². The van der Waals surface area contributed by atoms with Gasteiger partial charge in [-0.1, -0.05) is 26.2 Å². The summed E-state index contributed by atoms with van der Waals surface area (Å²) in [5, 5.41) is 0.933. The molecule has 0 aromatic heterocycles. The van der Waals surface area contributed by atoms with Crippen molar-refractivity contribution in [3.8, 4) is 0 Å². The van der Waals surface area contributed by atoms with E-state index in [4.69, 9.17) is 5.73 Å². The minimum atomic E-state index is 0.502. The molecule has 0 aromatic rings. The van der Waals surface area contributed by atoms with Crippen molar-refractivity contribution in [3.63, 3.8) is 0 Å². The molecule has 2 aliphatic carbocycles. The van der Waals surface area contributed by atoms with Crippen LogP contribution in [0.4, 0.5) is 0 Å². The second-order valence-corrected chi connectivity index (χ2v) is 6.47. The molecular formula is C11H21NS. The topological polar surface area (TPSA) is 26.0 Å². The highest BCUT2D eigenvalue weighted by molar-refractivity contribution is 8.01. The van der Waals surface area contributed by atoms with Crippen molar-refractivity contribution in [1.82, 2.24) is 0 Å². The van der Waals surface area contributed by atoms with Gasteiger partial charge in [0, 0.05) is 16.5 Å². The Labute approximate surface area is 85.8 Å². The third-order valence-electron chi connectivity index (χ3n) is 3.69. The summed E-state index contributed by atoms with van der Waals surface area (Å²) in [6.45, 7) is 3.25. The van der Waals surface area contributed by atoms with Gasteiger partial charge >= 0.3 is 0 Å². The van der Waals surface area contributed by atoms with Crippen LogP contribution in [0.15, 0.2) is 0 Å². The lowest BCUT2D eigenvalue weighted by molar-refractivity contribution is 0.514. The van der Waals surface area contributed by atoms with Crippen molar-refractivity contribution in [1.29, 1.82) is 0 Å². The fourth-order valence-corrected chi connectivity index (χ4v) is 4.38. The Hall–Kier alpha value is 0.310. The van der Waals surface area contributed by atoms with Crippen molar-refractivity contribution in [2.75, 3.05) is 6.54 Å². The van der Waals surface area contributed by atoms with Crippen molar-refractivity contribution in [3.05, 3.63) is 0 Å². The molecule has 2 aliphatic rings. The zero-order chi connectivity index (χ0) is 9.31. The van der Waals surface area contributed by atoms with Gasteiger partial charge in [-0.25, -0.2) is 0 Å². The Balaban J connectivity index is 1.82. The SMILES string of the molecule is CC1CC1(CN)SC1CCCCC1. The smallest absolute Gasteiger partial charge is 0.0314 e. The third kappa shape index (κ3) is 2.04. The van der Waals surface area contributed by atoms with E-state index >= 15 is 0 Å². The predicted octanol–water partition coefficient (Wildman–Crippen LogP) is 2.79. The second kappa shape index (κ2) is 3.82. The average Bonchev–Trinajstić information content (AvgIpc) is 2.79. The lowest BCUT2D eigenvalue weighted by Gasteiger charge is -2.26. The Morgan fingerprint density at radius 1 is 1.31 bits per heavy atom. The van der Waals surface area contributed by atoms with E-state index in [0.29, 0.717) is 4.75 Å². The maximum Gasteiger partial charge on any atom is 0.0314 e. The van der Waals surface area contributed by atoms with Gasteiger partial charge in [-0.15, -0.1) is 0 Å². The first-order valence-corrected chi connectivity index (χ1v) is 6.53. The minimum absolute atomic E-state index is 0.502. The molecule has 13 heavy (non-hydrogen) atoms. The summed E-state index contributed by atoms with van der Waals surface area (Å²) < 4.78 is 0.502. The quantitative estimate of drug-likeness (QED) is 0.756. The normalized spacial score (nSPS) is 40.6. The molecule has 2 heteroatoms. The second-order valence-electron chi connectivity index (χ2n) is 4.75. The summed E-state index contributed by atoms with van der Waals surface area (Å²) in [5.41, 5.74) is 5.86. The summed E-state index contributed by atoms with van der Waals surface area (Å²) in [4.78, 5) is 0. The zero-order valence-corrected chi connectivity index (χ0v) is 9.41. The van der Waals surface area contributed by atoms with Gasteiger partial charge in [0.2, 0.25) is 0 Å². The van der Waals surface area contributed by atoms with Gasteiger partial charge in [0.05, 0.1) is 0 Å². The Morgan fingerprint density at radius 3 is 2.38 bits per heavy atom. The van der Waals surface area contributed by atoms with Gasteiger partial charge < -0.3 is 5.73 Å². The lowest BCUT2D eigenvalue weighted by Crippen LogP contribution is -2.24. The molecule has 0 aliphatic heterocycles. The summed E-state index contributed by atoms with van der Waals surface area (Å²) in [6.07, 6.45) is 8.62. The standard InChI is InChI=1S/C11H21NS/c1-9-7-11(9,8-12)13-10-5-3-2-4-6-10/h9-10H,2-8,12H2,1H3. The van der Waals surface area contributed by atoms with Crippen LogP contribution in [0, 0.1) is 5.92 Å². The van der Waals surface area contributed by atoms with Crippen molar-refractivity contribution in [2.24, 2.45) is 11.7 Å². The van der Waals surface area contributed by atoms with E-state index in [1.54, 1.807) is 0 Å². The first kappa shape index (κ1) is 9.85. The maximum atomic E-state index is 5.86. The Bertz CT molecular complexity index is 173. The third-order valence-corrected chi connectivity index (χ3v) is 5.70.